The molecule has 0 saturated carbocycles. The molecule has 0 aliphatic carbocycles. The van der Waals surface area contributed by atoms with Crippen molar-refractivity contribution in [2.24, 2.45) is 0 Å². The molecule has 0 atom stereocenters. The lowest BCUT2D eigenvalue weighted by Crippen LogP contribution is -2.21. The second kappa shape index (κ2) is 6.58. The van der Waals surface area contributed by atoms with Gasteiger partial charge in [-0.1, -0.05) is 18.2 Å². The van der Waals surface area contributed by atoms with Crippen LogP contribution in [0.15, 0.2) is 24.3 Å². The fourth-order valence-corrected chi connectivity index (χ4v) is 1.93. The van der Waals surface area contributed by atoms with Crippen molar-refractivity contribution in [3.8, 4) is 0 Å². The quantitative estimate of drug-likeness (QED) is 0.720. The van der Waals surface area contributed by atoms with Crippen LogP contribution in [0.5, 0.6) is 0 Å². The molecule has 5 nitrogen and oxygen atoms in total. The molecule has 0 amide bonds. The molecule has 2 N–H and O–H groups in total. The Bertz CT molecular complexity index is 446. The minimum atomic E-state index is -3.56. The zero-order valence-corrected chi connectivity index (χ0v) is 10.9. The van der Waals surface area contributed by atoms with Crippen LogP contribution in [-0.4, -0.2) is 29.1 Å². The van der Waals surface area contributed by atoms with Crippen molar-refractivity contribution in [3.05, 3.63) is 29.8 Å². The molecule has 17 heavy (non-hydrogen) atoms. The maximum Gasteiger partial charge on any atom is 0.335 e. The van der Waals surface area contributed by atoms with Gasteiger partial charge in [0, 0.05) is 19.8 Å². The van der Waals surface area contributed by atoms with E-state index >= 15 is 0 Å². The van der Waals surface area contributed by atoms with E-state index in [9.17, 15) is 8.42 Å². The van der Waals surface area contributed by atoms with Gasteiger partial charge < -0.3 is 5.32 Å². The van der Waals surface area contributed by atoms with Crippen molar-refractivity contribution < 1.29 is 12.6 Å². The highest BCUT2D eigenvalue weighted by atomic mass is 32.2. The first-order valence-electron chi connectivity index (χ1n) is 5.42. The fraction of sp³-hybridized carbons (Fsp3) is 0.455. The minimum Gasteiger partial charge on any atom is -0.388 e. The van der Waals surface area contributed by atoms with Gasteiger partial charge in [0.1, 0.15) is 0 Å². The summed E-state index contributed by atoms with van der Waals surface area (Å²) in [5.74, 6) is 0. The van der Waals surface area contributed by atoms with E-state index in [2.05, 4.69) is 10.0 Å². The largest absolute Gasteiger partial charge is 0.388 e. The van der Waals surface area contributed by atoms with Gasteiger partial charge >= 0.3 is 10.3 Å². The topological polar surface area (TPSA) is 67.4 Å². The van der Waals surface area contributed by atoms with Gasteiger partial charge in [0.15, 0.2) is 0 Å². The van der Waals surface area contributed by atoms with E-state index in [4.69, 9.17) is 4.18 Å². The molecular weight excluding hydrogens is 240 g/mol. The molecular formula is C11H18N2O3S. The van der Waals surface area contributed by atoms with Crippen LogP contribution in [0.1, 0.15) is 12.0 Å². The molecule has 0 aliphatic heterocycles. The van der Waals surface area contributed by atoms with Crippen molar-refractivity contribution in [2.45, 2.75) is 12.8 Å². The van der Waals surface area contributed by atoms with Crippen LogP contribution in [0.25, 0.3) is 0 Å². The first kappa shape index (κ1) is 14.0. The molecule has 0 radical (unpaired) electrons. The molecule has 0 bridgehead atoms. The van der Waals surface area contributed by atoms with E-state index in [1.54, 1.807) is 0 Å². The Labute approximate surface area is 102 Å². The summed E-state index contributed by atoms with van der Waals surface area (Å²) in [6.45, 7) is 0.182. The molecule has 96 valence electrons. The Balaban J connectivity index is 2.41. The monoisotopic (exact) mass is 258 g/mol. The molecule has 1 aromatic carbocycles. The number of nitrogens with one attached hydrogen (secondary N) is 2. The lowest BCUT2D eigenvalue weighted by atomic mass is 10.1. The first-order valence-corrected chi connectivity index (χ1v) is 6.83. The van der Waals surface area contributed by atoms with Crippen LogP contribution in [-0.2, 0) is 20.9 Å². The molecule has 0 fully saturated rings. The number of hydrogen-bond acceptors (Lipinski definition) is 4. The van der Waals surface area contributed by atoms with Gasteiger partial charge in [0.05, 0.1) is 6.61 Å². The van der Waals surface area contributed by atoms with Crippen molar-refractivity contribution in [3.63, 3.8) is 0 Å². The smallest absolute Gasteiger partial charge is 0.335 e. The summed E-state index contributed by atoms with van der Waals surface area (Å²) in [6.07, 6.45) is 1.43. The Morgan fingerprint density at radius 2 is 1.94 bits per heavy atom. The number of benzene rings is 1. The highest BCUT2D eigenvalue weighted by molar-refractivity contribution is 7.84. The highest BCUT2D eigenvalue weighted by Crippen LogP contribution is 2.15. The maximum atomic E-state index is 11.0. The number of aryl methyl sites for hydroxylation is 1. The SMILES string of the molecule is CNc1ccccc1CCCOS(=O)(=O)NC. The lowest BCUT2D eigenvalue weighted by molar-refractivity contribution is 0.307. The minimum absolute atomic E-state index is 0.182. The van der Waals surface area contributed by atoms with E-state index < -0.39 is 10.3 Å². The zero-order chi connectivity index (χ0) is 12.7. The number of rotatable bonds is 7. The summed E-state index contributed by atoms with van der Waals surface area (Å²) in [5.41, 5.74) is 2.21. The maximum absolute atomic E-state index is 11.0. The number of para-hydroxylation sites is 1. The van der Waals surface area contributed by atoms with Crippen LogP contribution in [0.3, 0.4) is 0 Å². The normalized spacial score (nSPS) is 11.4. The van der Waals surface area contributed by atoms with Crippen molar-refractivity contribution in [1.82, 2.24) is 4.72 Å². The molecule has 0 spiro atoms. The van der Waals surface area contributed by atoms with E-state index in [1.807, 2.05) is 31.3 Å². The molecule has 6 heteroatoms. The van der Waals surface area contributed by atoms with Crippen LogP contribution in [0, 0.1) is 0 Å². The average molecular weight is 258 g/mol. The van der Waals surface area contributed by atoms with E-state index in [-0.39, 0.29) is 6.61 Å². The number of hydrogen-bond donors (Lipinski definition) is 2. The predicted octanol–water partition coefficient (Wildman–Crippen LogP) is 1.14. The van der Waals surface area contributed by atoms with Crippen LogP contribution in [0.4, 0.5) is 5.69 Å². The average Bonchev–Trinajstić information content (AvgIpc) is 2.35. The Hall–Kier alpha value is -1.11. The van der Waals surface area contributed by atoms with Gasteiger partial charge in [-0.25, -0.2) is 0 Å². The second-order valence-electron chi connectivity index (χ2n) is 3.49. The third kappa shape index (κ3) is 4.72. The zero-order valence-electron chi connectivity index (χ0n) is 10.1. The van der Waals surface area contributed by atoms with Gasteiger partial charge in [-0.15, -0.1) is 0 Å². The summed E-state index contributed by atoms with van der Waals surface area (Å²) >= 11 is 0. The van der Waals surface area contributed by atoms with E-state index in [1.165, 1.54) is 7.05 Å². The molecule has 0 aliphatic rings. The molecule has 0 unspecified atom stereocenters. The Kier molecular flexibility index (Phi) is 5.40. The van der Waals surface area contributed by atoms with Gasteiger partial charge in [-0.05, 0) is 24.5 Å². The molecule has 1 rings (SSSR count). The van der Waals surface area contributed by atoms with Crippen LogP contribution in [0.2, 0.25) is 0 Å². The number of anilines is 1. The second-order valence-corrected chi connectivity index (χ2v) is 5.04. The van der Waals surface area contributed by atoms with E-state index in [0.717, 1.165) is 17.7 Å². The van der Waals surface area contributed by atoms with Gasteiger partial charge in [0.2, 0.25) is 0 Å². The molecule has 0 saturated heterocycles. The van der Waals surface area contributed by atoms with Crippen LogP contribution < -0.4 is 10.0 Å². The summed E-state index contributed by atoms with van der Waals surface area (Å²) in [5, 5.41) is 3.09. The standard InChI is InChI=1S/C11H18N2O3S/c1-12-11-8-4-3-6-10(11)7-5-9-16-17(14,15)13-2/h3-4,6,8,12-13H,5,7,9H2,1-2H3. The summed E-state index contributed by atoms with van der Waals surface area (Å²) in [7, 11) is -0.368. The Morgan fingerprint density at radius 3 is 2.59 bits per heavy atom. The van der Waals surface area contributed by atoms with Crippen molar-refractivity contribution in [1.29, 1.82) is 0 Å². The first-order chi connectivity index (χ1) is 8.09. The van der Waals surface area contributed by atoms with Gasteiger partial charge in [0.25, 0.3) is 0 Å². The lowest BCUT2D eigenvalue weighted by Gasteiger charge is -2.08. The fourth-order valence-electron chi connectivity index (χ4n) is 1.47. The third-order valence-electron chi connectivity index (χ3n) is 2.37. The van der Waals surface area contributed by atoms with Crippen molar-refractivity contribution in [2.75, 3.05) is 26.0 Å². The van der Waals surface area contributed by atoms with Crippen LogP contribution >= 0.6 is 0 Å². The molecule has 0 heterocycles. The molecule has 0 aromatic heterocycles. The van der Waals surface area contributed by atoms with Gasteiger partial charge in [-0.2, -0.15) is 13.1 Å². The van der Waals surface area contributed by atoms with Gasteiger partial charge in [-0.3, -0.25) is 4.18 Å². The summed E-state index contributed by atoms with van der Waals surface area (Å²) in [4.78, 5) is 0. The Morgan fingerprint density at radius 1 is 1.24 bits per heavy atom. The highest BCUT2D eigenvalue weighted by Gasteiger charge is 2.06. The summed E-state index contributed by atoms with van der Waals surface area (Å²) < 4.78 is 28.8. The third-order valence-corrected chi connectivity index (χ3v) is 3.34. The van der Waals surface area contributed by atoms with E-state index in [0.29, 0.717) is 6.42 Å². The molecule has 1 aromatic rings. The predicted molar refractivity (Wildman–Crippen MR) is 68.2 cm³/mol. The summed E-state index contributed by atoms with van der Waals surface area (Å²) in [6, 6.07) is 7.91. The van der Waals surface area contributed by atoms with Crippen molar-refractivity contribution >= 4 is 16.0 Å².